The Kier molecular flexibility index (Phi) is 3.73. The van der Waals surface area contributed by atoms with Gasteiger partial charge in [-0.1, -0.05) is 6.07 Å². The first kappa shape index (κ1) is 16.4. The third kappa shape index (κ3) is 2.46. The molecular formula is C18H15FN4O3S. The molecule has 7 nitrogen and oxygen atoms in total. The molecule has 0 bridgehead atoms. The Morgan fingerprint density at radius 3 is 3.11 bits per heavy atom. The monoisotopic (exact) mass is 386 g/mol. The van der Waals surface area contributed by atoms with Gasteiger partial charge >= 0.3 is 5.69 Å². The lowest BCUT2D eigenvalue weighted by atomic mass is 10.1. The summed E-state index contributed by atoms with van der Waals surface area (Å²) in [4.78, 5) is 19.2. The predicted octanol–water partition coefficient (Wildman–Crippen LogP) is 2.37. The second-order valence-electron chi connectivity index (χ2n) is 6.32. The minimum absolute atomic E-state index is 0.173. The van der Waals surface area contributed by atoms with E-state index in [0.29, 0.717) is 24.4 Å². The maximum absolute atomic E-state index is 14.1. The molecule has 1 aliphatic heterocycles. The summed E-state index contributed by atoms with van der Waals surface area (Å²) in [5.41, 5.74) is 2.09. The lowest BCUT2D eigenvalue weighted by Gasteiger charge is -2.12. The van der Waals surface area contributed by atoms with Gasteiger partial charge in [0.25, 0.3) is 0 Å². The maximum Gasteiger partial charge on any atom is 0.352 e. The molecule has 138 valence electrons. The van der Waals surface area contributed by atoms with E-state index in [1.807, 2.05) is 0 Å². The van der Waals surface area contributed by atoms with E-state index in [2.05, 4.69) is 10.1 Å². The molecule has 0 amide bonds. The zero-order valence-corrected chi connectivity index (χ0v) is 15.3. The Morgan fingerprint density at radius 1 is 1.41 bits per heavy atom. The van der Waals surface area contributed by atoms with Gasteiger partial charge in [-0.2, -0.15) is 9.61 Å². The molecule has 0 saturated heterocycles. The van der Waals surface area contributed by atoms with Crippen molar-refractivity contribution in [3.05, 3.63) is 56.8 Å². The Bertz CT molecular complexity index is 1240. The van der Waals surface area contributed by atoms with Gasteiger partial charge in [0.05, 0.1) is 32.3 Å². The van der Waals surface area contributed by atoms with Crippen LogP contribution < -0.4 is 10.4 Å². The van der Waals surface area contributed by atoms with Gasteiger partial charge in [-0.05, 0) is 29.7 Å². The number of hydrogen-bond acceptors (Lipinski definition) is 6. The van der Waals surface area contributed by atoms with E-state index in [4.69, 9.17) is 9.47 Å². The van der Waals surface area contributed by atoms with Crippen molar-refractivity contribution >= 4 is 27.2 Å². The van der Waals surface area contributed by atoms with E-state index in [1.54, 1.807) is 16.7 Å². The molecule has 3 aromatic heterocycles. The van der Waals surface area contributed by atoms with Crippen LogP contribution >= 0.6 is 11.3 Å². The summed E-state index contributed by atoms with van der Waals surface area (Å²) in [6.07, 6.45) is 2.16. The zero-order chi connectivity index (χ0) is 18.5. The van der Waals surface area contributed by atoms with Crippen molar-refractivity contribution in [1.82, 2.24) is 19.2 Å². The first-order valence-electron chi connectivity index (χ1n) is 8.44. The van der Waals surface area contributed by atoms with Crippen LogP contribution in [-0.2, 0) is 24.3 Å². The lowest BCUT2D eigenvalue weighted by Crippen LogP contribution is -2.28. The third-order valence-electron chi connectivity index (χ3n) is 4.79. The fourth-order valence-corrected chi connectivity index (χ4v) is 4.79. The first-order chi connectivity index (χ1) is 13.2. The van der Waals surface area contributed by atoms with E-state index < -0.39 is 5.82 Å². The molecule has 4 aromatic rings. The second-order valence-corrected chi connectivity index (χ2v) is 7.40. The molecule has 0 saturated carbocycles. The number of aromatic nitrogens is 4. The van der Waals surface area contributed by atoms with Crippen LogP contribution in [0.25, 0.3) is 15.9 Å². The van der Waals surface area contributed by atoms with Crippen molar-refractivity contribution in [3.8, 4) is 5.75 Å². The zero-order valence-electron chi connectivity index (χ0n) is 14.4. The average molecular weight is 386 g/mol. The van der Waals surface area contributed by atoms with Crippen LogP contribution in [0.2, 0.25) is 0 Å². The quantitative estimate of drug-likeness (QED) is 0.541. The maximum atomic E-state index is 14.1. The number of halogens is 1. The molecule has 5 rings (SSSR count). The number of methoxy groups -OCH3 is 1. The Hall–Kier alpha value is -2.78. The standard InChI is InChI=1S/C18H15FN4O3S/c1-25-13-3-2-10(6-12(13)19)7-22-17-15(11-4-5-26-8-14(11)27-17)16-20-9-21-23(16)18(22)24/h2-3,6,9H,4-5,7-8H2,1H3. The topological polar surface area (TPSA) is 70.7 Å². The van der Waals surface area contributed by atoms with Crippen molar-refractivity contribution in [2.24, 2.45) is 0 Å². The molecule has 0 fully saturated rings. The van der Waals surface area contributed by atoms with Crippen molar-refractivity contribution < 1.29 is 13.9 Å². The normalized spacial score (nSPS) is 14.0. The number of ether oxygens (including phenoxy) is 2. The van der Waals surface area contributed by atoms with Crippen LogP contribution in [0.15, 0.2) is 29.3 Å². The summed E-state index contributed by atoms with van der Waals surface area (Å²) in [6.45, 7) is 1.40. The van der Waals surface area contributed by atoms with Crippen molar-refractivity contribution in [1.29, 1.82) is 0 Å². The minimum atomic E-state index is -0.458. The molecule has 0 aliphatic carbocycles. The fraction of sp³-hybridized carbons (Fsp3) is 0.278. The highest BCUT2D eigenvalue weighted by atomic mass is 32.1. The Morgan fingerprint density at radius 2 is 2.30 bits per heavy atom. The van der Waals surface area contributed by atoms with Gasteiger partial charge in [0, 0.05) is 4.88 Å². The van der Waals surface area contributed by atoms with Crippen molar-refractivity contribution in [2.75, 3.05) is 13.7 Å². The summed E-state index contributed by atoms with van der Waals surface area (Å²) < 4.78 is 27.6. The van der Waals surface area contributed by atoms with Crippen LogP contribution in [-0.4, -0.2) is 32.9 Å². The molecule has 1 aliphatic rings. The summed E-state index contributed by atoms with van der Waals surface area (Å²) in [5.74, 6) is -0.285. The van der Waals surface area contributed by atoms with Crippen LogP contribution in [0.1, 0.15) is 16.0 Å². The van der Waals surface area contributed by atoms with E-state index in [1.165, 1.54) is 35.4 Å². The molecule has 0 spiro atoms. The highest BCUT2D eigenvalue weighted by Crippen LogP contribution is 2.35. The van der Waals surface area contributed by atoms with Gasteiger partial charge in [0.2, 0.25) is 0 Å². The van der Waals surface area contributed by atoms with E-state index >= 15 is 0 Å². The van der Waals surface area contributed by atoms with E-state index in [9.17, 15) is 9.18 Å². The number of benzene rings is 1. The number of hydrogen-bond donors (Lipinski definition) is 0. The summed E-state index contributed by atoms with van der Waals surface area (Å²) >= 11 is 1.53. The predicted molar refractivity (Wildman–Crippen MR) is 98.0 cm³/mol. The van der Waals surface area contributed by atoms with Gasteiger partial charge in [-0.15, -0.1) is 11.3 Å². The Labute approximate surface area is 156 Å². The van der Waals surface area contributed by atoms with Gasteiger partial charge in [-0.3, -0.25) is 4.57 Å². The first-order valence-corrected chi connectivity index (χ1v) is 9.26. The van der Waals surface area contributed by atoms with Crippen LogP contribution in [0.4, 0.5) is 4.39 Å². The van der Waals surface area contributed by atoms with Crippen LogP contribution in [0, 0.1) is 5.82 Å². The summed E-state index contributed by atoms with van der Waals surface area (Å²) in [6, 6.07) is 4.70. The lowest BCUT2D eigenvalue weighted by molar-refractivity contribution is 0.114. The number of thiophene rings is 1. The number of fused-ring (bicyclic) bond motifs is 5. The fourth-order valence-electron chi connectivity index (χ4n) is 3.52. The number of rotatable bonds is 3. The highest BCUT2D eigenvalue weighted by Gasteiger charge is 2.23. The molecule has 27 heavy (non-hydrogen) atoms. The SMILES string of the molecule is COc1ccc(Cn2c(=O)n3ncnc3c3c4c(sc32)COCC4)cc1F. The number of nitrogens with zero attached hydrogens (tertiary/aromatic N) is 4. The van der Waals surface area contributed by atoms with E-state index in [-0.39, 0.29) is 18.0 Å². The van der Waals surface area contributed by atoms with Gasteiger partial charge in [-0.25, -0.2) is 14.2 Å². The second kappa shape index (κ2) is 6.14. The van der Waals surface area contributed by atoms with Crippen LogP contribution in [0.3, 0.4) is 0 Å². The molecule has 4 heterocycles. The van der Waals surface area contributed by atoms with Crippen LogP contribution in [0.5, 0.6) is 5.75 Å². The highest BCUT2D eigenvalue weighted by molar-refractivity contribution is 7.19. The van der Waals surface area contributed by atoms with Gasteiger partial charge in [0.15, 0.2) is 17.2 Å². The molecule has 9 heteroatoms. The van der Waals surface area contributed by atoms with Gasteiger partial charge in [0.1, 0.15) is 11.2 Å². The molecule has 1 aromatic carbocycles. The van der Waals surface area contributed by atoms with E-state index in [0.717, 1.165) is 27.1 Å². The van der Waals surface area contributed by atoms with Crippen molar-refractivity contribution in [2.45, 2.75) is 19.6 Å². The average Bonchev–Trinajstić information content (AvgIpc) is 3.29. The minimum Gasteiger partial charge on any atom is -0.494 e. The van der Waals surface area contributed by atoms with Gasteiger partial charge < -0.3 is 9.47 Å². The molecule has 0 unspecified atom stereocenters. The summed E-state index contributed by atoms with van der Waals surface area (Å²) in [5, 5.41) is 5.03. The third-order valence-corrected chi connectivity index (χ3v) is 6.02. The molecular weight excluding hydrogens is 371 g/mol. The molecule has 0 N–H and O–H groups in total. The Balaban J connectivity index is 1.75. The summed E-state index contributed by atoms with van der Waals surface area (Å²) in [7, 11) is 1.42. The largest absolute Gasteiger partial charge is 0.494 e. The molecule has 0 atom stereocenters. The smallest absolute Gasteiger partial charge is 0.352 e. The molecule has 0 radical (unpaired) electrons. The van der Waals surface area contributed by atoms with Crippen molar-refractivity contribution in [3.63, 3.8) is 0 Å².